The Morgan fingerprint density at radius 1 is 1.10 bits per heavy atom. The topological polar surface area (TPSA) is 41.1 Å². The summed E-state index contributed by atoms with van der Waals surface area (Å²) in [5.41, 5.74) is 2.91. The van der Waals surface area contributed by atoms with Gasteiger partial charge in [-0.25, -0.2) is 8.78 Å². The molecule has 0 radical (unpaired) electrons. The van der Waals surface area contributed by atoms with Crippen molar-refractivity contribution in [1.82, 2.24) is 0 Å². The summed E-state index contributed by atoms with van der Waals surface area (Å²) in [7, 11) is 0. The molecular formula is C16H16F2N2O. The molecule has 21 heavy (non-hydrogen) atoms. The summed E-state index contributed by atoms with van der Waals surface area (Å²) in [5, 5.41) is 5.80. The molecule has 2 aromatic carbocycles. The highest BCUT2D eigenvalue weighted by molar-refractivity contribution is 5.90. The third kappa shape index (κ3) is 4.27. The van der Waals surface area contributed by atoms with E-state index in [9.17, 15) is 13.6 Å². The minimum atomic E-state index is -0.602. The summed E-state index contributed by atoms with van der Waals surface area (Å²) in [5.74, 6) is -1.35. The van der Waals surface area contributed by atoms with E-state index in [0.717, 1.165) is 17.3 Å². The lowest BCUT2D eigenvalue weighted by atomic mass is 10.1. The Kier molecular flexibility index (Phi) is 4.52. The Morgan fingerprint density at radius 3 is 2.38 bits per heavy atom. The second-order valence-corrected chi connectivity index (χ2v) is 4.84. The summed E-state index contributed by atoms with van der Waals surface area (Å²) < 4.78 is 26.2. The molecule has 1 amide bonds. The second kappa shape index (κ2) is 6.35. The molecule has 0 unspecified atom stereocenters. The van der Waals surface area contributed by atoms with Gasteiger partial charge < -0.3 is 10.6 Å². The molecule has 110 valence electrons. The molecule has 0 aliphatic carbocycles. The van der Waals surface area contributed by atoms with Gasteiger partial charge in [-0.05, 0) is 42.3 Å². The number of aryl methyl sites for hydroxylation is 1. The van der Waals surface area contributed by atoms with Crippen LogP contribution in [-0.2, 0) is 11.3 Å². The highest BCUT2D eigenvalue weighted by Gasteiger charge is 2.04. The minimum absolute atomic E-state index is 0.151. The van der Waals surface area contributed by atoms with E-state index < -0.39 is 11.6 Å². The fourth-order valence-corrected chi connectivity index (χ4v) is 1.97. The van der Waals surface area contributed by atoms with Crippen molar-refractivity contribution < 1.29 is 13.6 Å². The molecule has 0 aromatic heterocycles. The van der Waals surface area contributed by atoms with Crippen LogP contribution in [0, 0.1) is 18.6 Å². The van der Waals surface area contributed by atoms with Gasteiger partial charge in [0.25, 0.3) is 0 Å². The first-order valence-electron chi connectivity index (χ1n) is 6.51. The maximum atomic E-state index is 13.1. The number of hydrogen-bond acceptors (Lipinski definition) is 2. The maximum Gasteiger partial charge on any atom is 0.221 e. The quantitative estimate of drug-likeness (QED) is 0.898. The van der Waals surface area contributed by atoms with E-state index in [4.69, 9.17) is 0 Å². The van der Waals surface area contributed by atoms with Crippen LogP contribution in [0.2, 0.25) is 0 Å². The Hall–Kier alpha value is -2.43. The molecular weight excluding hydrogens is 274 g/mol. The first kappa shape index (κ1) is 15.0. The van der Waals surface area contributed by atoms with E-state index in [1.165, 1.54) is 19.1 Å². The Morgan fingerprint density at radius 2 is 1.76 bits per heavy atom. The van der Waals surface area contributed by atoms with Crippen LogP contribution in [0.3, 0.4) is 0 Å². The molecule has 3 nitrogen and oxygen atoms in total. The molecule has 0 fully saturated rings. The molecule has 0 atom stereocenters. The number of hydrogen-bond donors (Lipinski definition) is 2. The fraction of sp³-hybridized carbons (Fsp3) is 0.188. The largest absolute Gasteiger partial charge is 0.381 e. The molecule has 2 aromatic rings. The normalized spacial score (nSPS) is 10.3. The summed E-state index contributed by atoms with van der Waals surface area (Å²) in [6.45, 7) is 3.61. The predicted molar refractivity (Wildman–Crippen MR) is 79.2 cm³/mol. The summed E-state index contributed by atoms with van der Waals surface area (Å²) >= 11 is 0. The lowest BCUT2D eigenvalue weighted by Gasteiger charge is -2.11. The number of anilines is 2. The van der Waals surface area contributed by atoms with Crippen LogP contribution in [-0.4, -0.2) is 5.91 Å². The molecule has 2 N–H and O–H groups in total. The number of carbonyl (C=O) groups excluding carboxylic acids is 1. The number of benzene rings is 2. The summed E-state index contributed by atoms with van der Waals surface area (Å²) in [4.78, 5) is 11.1. The number of carbonyl (C=O) groups is 1. The maximum absolute atomic E-state index is 13.1. The van der Waals surface area contributed by atoms with Crippen LogP contribution in [0.5, 0.6) is 0 Å². The van der Waals surface area contributed by atoms with Gasteiger partial charge in [0.05, 0.1) is 0 Å². The zero-order valence-electron chi connectivity index (χ0n) is 11.8. The Balaban J connectivity index is 2.11. The third-order valence-electron chi connectivity index (χ3n) is 2.97. The fourth-order valence-electron chi connectivity index (χ4n) is 1.97. The van der Waals surface area contributed by atoms with Crippen LogP contribution in [0.15, 0.2) is 36.4 Å². The van der Waals surface area contributed by atoms with Gasteiger partial charge in [0.1, 0.15) is 11.6 Å². The monoisotopic (exact) mass is 290 g/mol. The molecule has 0 saturated carbocycles. The second-order valence-electron chi connectivity index (χ2n) is 4.84. The average molecular weight is 290 g/mol. The molecule has 2 rings (SSSR count). The van der Waals surface area contributed by atoms with Gasteiger partial charge in [-0.2, -0.15) is 0 Å². The first-order chi connectivity index (χ1) is 9.94. The predicted octanol–water partition coefficient (Wildman–Crippen LogP) is 3.84. The molecule has 0 spiro atoms. The lowest BCUT2D eigenvalue weighted by molar-refractivity contribution is -0.114. The summed E-state index contributed by atoms with van der Waals surface area (Å²) in [6, 6.07) is 8.88. The van der Waals surface area contributed by atoms with Crippen molar-refractivity contribution in [1.29, 1.82) is 0 Å². The molecule has 0 saturated heterocycles. The van der Waals surface area contributed by atoms with E-state index >= 15 is 0 Å². The van der Waals surface area contributed by atoms with Gasteiger partial charge in [0.2, 0.25) is 5.91 Å². The molecule has 0 heterocycles. The average Bonchev–Trinajstić information content (AvgIpc) is 2.38. The minimum Gasteiger partial charge on any atom is -0.381 e. The Bertz CT molecular complexity index is 651. The number of amides is 1. The van der Waals surface area contributed by atoms with Gasteiger partial charge >= 0.3 is 0 Å². The molecule has 0 aliphatic heterocycles. The highest BCUT2D eigenvalue weighted by atomic mass is 19.1. The third-order valence-corrected chi connectivity index (χ3v) is 2.97. The van der Waals surface area contributed by atoms with Crippen LogP contribution in [0.25, 0.3) is 0 Å². The molecule has 0 bridgehead atoms. The number of halogens is 2. The van der Waals surface area contributed by atoms with Crippen molar-refractivity contribution in [2.75, 3.05) is 10.6 Å². The van der Waals surface area contributed by atoms with E-state index in [1.54, 1.807) is 6.07 Å². The van der Waals surface area contributed by atoms with Crippen molar-refractivity contribution in [3.8, 4) is 0 Å². The zero-order chi connectivity index (χ0) is 15.4. The Labute approximate surface area is 122 Å². The van der Waals surface area contributed by atoms with Crippen molar-refractivity contribution in [3.63, 3.8) is 0 Å². The first-order valence-corrected chi connectivity index (χ1v) is 6.51. The van der Waals surface area contributed by atoms with Crippen molar-refractivity contribution in [3.05, 3.63) is 59.2 Å². The van der Waals surface area contributed by atoms with Crippen molar-refractivity contribution in [2.24, 2.45) is 0 Å². The van der Waals surface area contributed by atoms with E-state index in [0.29, 0.717) is 11.3 Å². The van der Waals surface area contributed by atoms with Crippen LogP contribution < -0.4 is 10.6 Å². The van der Waals surface area contributed by atoms with Crippen LogP contribution in [0.1, 0.15) is 18.1 Å². The van der Waals surface area contributed by atoms with Crippen molar-refractivity contribution >= 4 is 17.3 Å². The van der Waals surface area contributed by atoms with E-state index in [2.05, 4.69) is 10.6 Å². The van der Waals surface area contributed by atoms with Gasteiger partial charge in [-0.1, -0.05) is 6.07 Å². The molecule has 0 aliphatic rings. The zero-order valence-corrected chi connectivity index (χ0v) is 11.8. The number of rotatable bonds is 4. The van der Waals surface area contributed by atoms with E-state index in [-0.39, 0.29) is 12.5 Å². The van der Waals surface area contributed by atoms with Crippen LogP contribution >= 0.6 is 0 Å². The van der Waals surface area contributed by atoms with Gasteiger partial charge in [-0.3, -0.25) is 4.79 Å². The lowest BCUT2D eigenvalue weighted by Crippen LogP contribution is -2.08. The smallest absolute Gasteiger partial charge is 0.221 e. The summed E-state index contributed by atoms with van der Waals surface area (Å²) in [6.07, 6.45) is 0. The van der Waals surface area contributed by atoms with Gasteiger partial charge in [0, 0.05) is 30.9 Å². The van der Waals surface area contributed by atoms with E-state index in [1.807, 2.05) is 19.1 Å². The van der Waals surface area contributed by atoms with Gasteiger partial charge in [-0.15, -0.1) is 0 Å². The van der Waals surface area contributed by atoms with Crippen LogP contribution in [0.4, 0.5) is 20.2 Å². The molecule has 5 heteroatoms. The SMILES string of the molecule is CC(=O)Nc1cc(NCc2cc(F)cc(F)c2)ccc1C. The van der Waals surface area contributed by atoms with Crippen molar-refractivity contribution in [2.45, 2.75) is 20.4 Å². The standard InChI is InChI=1S/C16H16F2N2O/c1-10-3-4-15(8-16(10)20-11(2)21)19-9-12-5-13(17)7-14(18)6-12/h3-8,19H,9H2,1-2H3,(H,20,21). The van der Waals surface area contributed by atoms with Gasteiger partial charge in [0.15, 0.2) is 0 Å². The highest BCUT2D eigenvalue weighted by Crippen LogP contribution is 2.21. The number of nitrogens with one attached hydrogen (secondary N) is 2.